The lowest BCUT2D eigenvalue weighted by Crippen LogP contribution is -2.52. The third-order valence-electron chi connectivity index (χ3n) is 3.70. The number of amides is 1. The molecule has 1 aromatic rings. The number of hydrogen-bond donors (Lipinski definition) is 2. The van der Waals surface area contributed by atoms with Crippen molar-refractivity contribution in [2.75, 3.05) is 13.2 Å². The van der Waals surface area contributed by atoms with Crippen LogP contribution >= 0.6 is 12.2 Å². The zero-order valence-electron chi connectivity index (χ0n) is 11.6. The van der Waals surface area contributed by atoms with E-state index in [1.54, 1.807) is 0 Å². The van der Waals surface area contributed by atoms with Crippen LogP contribution < -0.4 is 11.1 Å². The van der Waals surface area contributed by atoms with Crippen LogP contribution in [0.15, 0.2) is 30.3 Å². The van der Waals surface area contributed by atoms with Crippen LogP contribution in [0.3, 0.4) is 0 Å². The second-order valence-electron chi connectivity index (χ2n) is 5.41. The molecule has 0 saturated carbocycles. The fraction of sp³-hybridized carbons (Fsp3) is 0.467. The van der Waals surface area contributed by atoms with Crippen molar-refractivity contribution in [3.63, 3.8) is 0 Å². The largest absolute Gasteiger partial charge is 0.392 e. The van der Waals surface area contributed by atoms with Gasteiger partial charge in [-0.15, -0.1) is 0 Å². The highest BCUT2D eigenvalue weighted by molar-refractivity contribution is 7.80. The summed E-state index contributed by atoms with van der Waals surface area (Å²) >= 11 is 5.07. The topological polar surface area (TPSA) is 64.4 Å². The van der Waals surface area contributed by atoms with Crippen molar-refractivity contribution in [1.82, 2.24) is 5.32 Å². The van der Waals surface area contributed by atoms with Crippen molar-refractivity contribution in [2.24, 2.45) is 5.73 Å². The van der Waals surface area contributed by atoms with Crippen LogP contribution in [0.25, 0.3) is 0 Å². The minimum Gasteiger partial charge on any atom is -0.392 e. The molecule has 1 saturated heterocycles. The van der Waals surface area contributed by atoms with Gasteiger partial charge in [-0.1, -0.05) is 42.5 Å². The molecule has 1 aliphatic rings. The van der Waals surface area contributed by atoms with E-state index >= 15 is 0 Å². The molecule has 0 spiro atoms. The van der Waals surface area contributed by atoms with E-state index < -0.39 is 5.92 Å². The van der Waals surface area contributed by atoms with Gasteiger partial charge >= 0.3 is 0 Å². The summed E-state index contributed by atoms with van der Waals surface area (Å²) in [6.07, 6.45) is 1.61. The summed E-state index contributed by atoms with van der Waals surface area (Å²) in [5.41, 5.74) is 6.35. The van der Waals surface area contributed by atoms with Gasteiger partial charge in [0.1, 0.15) is 5.92 Å². The van der Waals surface area contributed by atoms with Crippen molar-refractivity contribution < 1.29 is 9.53 Å². The van der Waals surface area contributed by atoms with Crippen molar-refractivity contribution >= 4 is 23.1 Å². The summed E-state index contributed by atoms with van der Waals surface area (Å²) in [6.45, 7) is 3.37. The molecule has 4 nitrogen and oxygen atoms in total. The smallest absolute Gasteiger partial charge is 0.234 e. The Morgan fingerprint density at radius 2 is 1.95 bits per heavy atom. The molecule has 0 aliphatic carbocycles. The highest BCUT2D eigenvalue weighted by Crippen LogP contribution is 2.23. The van der Waals surface area contributed by atoms with Gasteiger partial charge in [-0.05, 0) is 25.3 Å². The van der Waals surface area contributed by atoms with E-state index in [-0.39, 0.29) is 16.4 Å². The highest BCUT2D eigenvalue weighted by atomic mass is 32.1. The number of benzene rings is 1. The average molecular weight is 292 g/mol. The highest BCUT2D eigenvalue weighted by Gasteiger charge is 2.33. The fourth-order valence-electron chi connectivity index (χ4n) is 2.41. The normalized spacial score (nSPS) is 19.1. The molecule has 108 valence electrons. The Balaban J connectivity index is 2.14. The molecule has 0 radical (unpaired) electrons. The molecule has 1 unspecified atom stereocenters. The Bertz CT molecular complexity index is 484. The van der Waals surface area contributed by atoms with Crippen molar-refractivity contribution in [1.29, 1.82) is 0 Å². The summed E-state index contributed by atoms with van der Waals surface area (Å²) in [5, 5.41) is 3.09. The van der Waals surface area contributed by atoms with Crippen LogP contribution in [-0.2, 0) is 9.53 Å². The van der Waals surface area contributed by atoms with Crippen molar-refractivity contribution in [3.05, 3.63) is 35.9 Å². The summed E-state index contributed by atoms with van der Waals surface area (Å²) in [6, 6.07) is 9.40. The average Bonchev–Trinajstić information content (AvgIpc) is 2.39. The van der Waals surface area contributed by atoms with Crippen LogP contribution in [0.5, 0.6) is 0 Å². The molecular weight excluding hydrogens is 272 g/mol. The zero-order chi connectivity index (χ0) is 14.6. The minimum absolute atomic E-state index is 0.131. The predicted octanol–water partition coefficient (Wildman–Crippen LogP) is 1.74. The molecule has 2 rings (SSSR count). The van der Waals surface area contributed by atoms with Gasteiger partial charge in [-0.2, -0.15) is 0 Å². The standard InChI is InChI=1S/C15H20N2O2S/c1-15(7-9-19-10-8-15)17-14(18)12(13(16)20)11-5-3-2-4-6-11/h2-6,12H,7-10H2,1H3,(H2,16,20)(H,17,18). The maximum Gasteiger partial charge on any atom is 0.234 e. The molecule has 0 bridgehead atoms. The van der Waals surface area contributed by atoms with Crippen LogP contribution in [0, 0.1) is 0 Å². The molecular formula is C15H20N2O2S. The van der Waals surface area contributed by atoms with Gasteiger partial charge in [-0.3, -0.25) is 4.79 Å². The molecule has 1 heterocycles. The molecule has 3 N–H and O–H groups in total. The quantitative estimate of drug-likeness (QED) is 0.830. The lowest BCUT2D eigenvalue weighted by Gasteiger charge is -2.35. The minimum atomic E-state index is -0.578. The Kier molecular flexibility index (Phi) is 4.73. The number of carbonyl (C=O) groups excluding carboxylic acids is 1. The van der Waals surface area contributed by atoms with E-state index in [1.165, 1.54) is 0 Å². The summed E-state index contributed by atoms with van der Waals surface area (Å²) in [5.74, 6) is -0.709. The van der Waals surface area contributed by atoms with Crippen LogP contribution in [0.4, 0.5) is 0 Å². The molecule has 1 fully saturated rings. The summed E-state index contributed by atoms with van der Waals surface area (Å²) < 4.78 is 5.34. The first-order valence-electron chi connectivity index (χ1n) is 6.76. The Hall–Kier alpha value is -1.46. The predicted molar refractivity (Wildman–Crippen MR) is 82.6 cm³/mol. The second kappa shape index (κ2) is 6.33. The van der Waals surface area contributed by atoms with E-state index in [2.05, 4.69) is 5.32 Å². The molecule has 0 aromatic heterocycles. The lowest BCUT2D eigenvalue weighted by molar-refractivity contribution is -0.124. The Morgan fingerprint density at radius 1 is 1.35 bits per heavy atom. The number of carbonyl (C=O) groups is 1. The number of ether oxygens (including phenoxy) is 1. The first-order chi connectivity index (χ1) is 9.52. The Morgan fingerprint density at radius 3 is 2.50 bits per heavy atom. The van der Waals surface area contributed by atoms with E-state index in [9.17, 15) is 4.79 Å². The number of nitrogens with two attached hydrogens (primary N) is 1. The van der Waals surface area contributed by atoms with Gasteiger partial charge < -0.3 is 15.8 Å². The Labute approximate surface area is 124 Å². The maximum atomic E-state index is 12.5. The summed E-state index contributed by atoms with van der Waals surface area (Å²) in [7, 11) is 0. The van der Waals surface area contributed by atoms with Gasteiger partial charge in [0.05, 0.1) is 4.99 Å². The van der Waals surface area contributed by atoms with Gasteiger partial charge in [0.2, 0.25) is 5.91 Å². The fourth-order valence-corrected chi connectivity index (χ4v) is 2.65. The number of nitrogens with one attached hydrogen (secondary N) is 1. The molecule has 1 aliphatic heterocycles. The van der Waals surface area contributed by atoms with Crippen molar-refractivity contribution in [2.45, 2.75) is 31.2 Å². The zero-order valence-corrected chi connectivity index (χ0v) is 12.4. The molecule has 1 aromatic carbocycles. The summed E-state index contributed by atoms with van der Waals surface area (Å²) in [4.78, 5) is 12.7. The third kappa shape index (κ3) is 3.55. The van der Waals surface area contributed by atoms with Crippen molar-refractivity contribution in [3.8, 4) is 0 Å². The number of rotatable bonds is 4. The molecule has 20 heavy (non-hydrogen) atoms. The van der Waals surface area contributed by atoms with E-state index in [4.69, 9.17) is 22.7 Å². The molecule has 5 heteroatoms. The van der Waals surface area contributed by atoms with Gasteiger partial charge in [0, 0.05) is 18.8 Å². The van der Waals surface area contributed by atoms with Gasteiger partial charge in [0.25, 0.3) is 0 Å². The van der Waals surface area contributed by atoms with E-state index in [0.717, 1.165) is 18.4 Å². The van der Waals surface area contributed by atoms with Gasteiger partial charge in [0.15, 0.2) is 0 Å². The van der Waals surface area contributed by atoms with E-state index in [0.29, 0.717) is 13.2 Å². The SMILES string of the molecule is CC1(NC(=O)C(C(N)=S)c2ccccc2)CCOCC1. The van der Waals surface area contributed by atoms with Crippen LogP contribution in [0.2, 0.25) is 0 Å². The van der Waals surface area contributed by atoms with Crippen LogP contribution in [0.1, 0.15) is 31.2 Å². The first kappa shape index (κ1) is 14.9. The second-order valence-corrected chi connectivity index (χ2v) is 5.88. The van der Waals surface area contributed by atoms with E-state index in [1.807, 2.05) is 37.3 Å². The van der Waals surface area contributed by atoms with Gasteiger partial charge in [-0.25, -0.2) is 0 Å². The van der Waals surface area contributed by atoms with Crippen LogP contribution in [-0.4, -0.2) is 29.6 Å². The molecule has 1 atom stereocenters. The number of thiocarbonyl (C=S) groups is 1. The molecule has 1 amide bonds. The third-order valence-corrected chi connectivity index (χ3v) is 3.94. The number of hydrogen-bond acceptors (Lipinski definition) is 3. The maximum absolute atomic E-state index is 12.5. The first-order valence-corrected chi connectivity index (χ1v) is 7.17. The lowest BCUT2D eigenvalue weighted by atomic mass is 9.90. The monoisotopic (exact) mass is 292 g/mol.